The van der Waals surface area contributed by atoms with Gasteiger partial charge in [0.25, 0.3) is 0 Å². The first-order valence-corrected chi connectivity index (χ1v) is 3.37. The Hall–Kier alpha value is -1.34. The summed E-state index contributed by atoms with van der Waals surface area (Å²) in [5, 5.41) is 8.43. The monoisotopic (exact) mass is 186 g/mol. The number of nitrogens with zero attached hydrogens (tertiary/aromatic N) is 2. The van der Waals surface area contributed by atoms with Gasteiger partial charge in [-0.1, -0.05) is 11.6 Å². The van der Waals surface area contributed by atoms with Crippen LogP contribution in [-0.2, 0) is 0 Å². The van der Waals surface area contributed by atoms with Crippen molar-refractivity contribution in [2.45, 2.75) is 0 Å². The number of ether oxygens (including phenoxy) is 1. The Balaban J connectivity index is 3.34. The molecule has 0 aliphatic carbocycles. The number of halogens is 2. The second kappa shape index (κ2) is 3.37. The van der Waals surface area contributed by atoms with E-state index >= 15 is 0 Å². The molecule has 0 saturated heterocycles. The first kappa shape index (κ1) is 8.75. The average Bonchev–Trinajstić information content (AvgIpc) is 2.08. The highest BCUT2D eigenvalue weighted by atomic mass is 35.5. The third-order valence-corrected chi connectivity index (χ3v) is 1.41. The highest BCUT2D eigenvalue weighted by Crippen LogP contribution is 2.21. The van der Waals surface area contributed by atoms with E-state index in [1.165, 1.54) is 13.2 Å². The number of pyridine rings is 1. The van der Waals surface area contributed by atoms with E-state index in [1.54, 1.807) is 6.07 Å². The van der Waals surface area contributed by atoms with Gasteiger partial charge in [0.1, 0.15) is 11.2 Å². The summed E-state index contributed by atoms with van der Waals surface area (Å²) in [6.45, 7) is 0. The number of methoxy groups -OCH3 is 1. The second-order valence-electron chi connectivity index (χ2n) is 1.92. The van der Waals surface area contributed by atoms with Gasteiger partial charge in [-0.25, -0.2) is 4.98 Å². The number of hydrogen-bond acceptors (Lipinski definition) is 3. The lowest BCUT2D eigenvalue weighted by Crippen LogP contribution is -1.95. The maximum atomic E-state index is 13.0. The molecule has 1 aromatic heterocycles. The summed E-state index contributed by atoms with van der Waals surface area (Å²) >= 11 is 5.47. The second-order valence-corrected chi connectivity index (χ2v) is 2.31. The minimum Gasteiger partial charge on any atom is -0.493 e. The number of nitriles is 1. The first-order valence-electron chi connectivity index (χ1n) is 2.99. The molecule has 62 valence electrons. The van der Waals surface area contributed by atoms with Crippen LogP contribution in [-0.4, -0.2) is 12.1 Å². The van der Waals surface area contributed by atoms with E-state index in [0.29, 0.717) is 0 Å². The zero-order valence-electron chi connectivity index (χ0n) is 6.14. The normalized spacial score (nSPS) is 9.17. The topological polar surface area (TPSA) is 45.9 Å². The zero-order chi connectivity index (χ0) is 9.14. The van der Waals surface area contributed by atoms with Crippen molar-refractivity contribution >= 4 is 11.6 Å². The van der Waals surface area contributed by atoms with Gasteiger partial charge in [-0.2, -0.15) is 9.65 Å². The number of aromatic nitrogens is 1. The van der Waals surface area contributed by atoms with Gasteiger partial charge in [-0.3, -0.25) is 0 Å². The highest BCUT2D eigenvalue weighted by Gasteiger charge is 2.11. The predicted octanol–water partition coefficient (Wildman–Crippen LogP) is 1.75. The molecule has 5 heteroatoms. The largest absolute Gasteiger partial charge is 0.493 e. The summed E-state index contributed by atoms with van der Waals surface area (Å²) in [5.74, 6) is -0.865. The van der Waals surface area contributed by atoms with E-state index in [0.717, 1.165) is 0 Å². The predicted molar refractivity (Wildman–Crippen MR) is 40.5 cm³/mol. The Morgan fingerprint density at radius 1 is 1.75 bits per heavy atom. The summed E-state index contributed by atoms with van der Waals surface area (Å²) < 4.78 is 17.6. The molecular weight excluding hydrogens is 183 g/mol. The molecule has 1 rings (SSSR count). The van der Waals surface area contributed by atoms with Crippen LogP contribution >= 0.6 is 11.6 Å². The maximum Gasteiger partial charge on any atom is 0.201 e. The minimum absolute atomic E-state index is 0.0322. The third kappa shape index (κ3) is 1.46. The molecular formula is C7H4ClFN2O. The molecule has 12 heavy (non-hydrogen) atoms. The Bertz CT molecular complexity index is 348. The van der Waals surface area contributed by atoms with Gasteiger partial charge in [0, 0.05) is 6.07 Å². The van der Waals surface area contributed by atoms with Crippen LogP contribution in [0.3, 0.4) is 0 Å². The van der Waals surface area contributed by atoms with Gasteiger partial charge in [0.15, 0.2) is 11.4 Å². The van der Waals surface area contributed by atoms with Crippen LogP contribution in [0.15, 0.2) is 6.07 Å². The molecule has 3 nitrogen and oxygen atoms in total. The van der Waals surface area contributed by atoms with Crippen molar-refractivity contribution < 1.29 is 9.13 Å². The summed E-state index contributed by atoms with van der Waals surface area (Å²) in [4.78, 5) is 3.45. The van der Waals surface area contributed by atoms with Gasteiger partial charge in [0.05, 0.1) is 7.11 Å². The van der Waals surface area contributed by atoms with Crippen LogP contribution in [0.5, 0.6) is 5.75 Å². The van der Waals surface area contributed by atoms with Gasteiger partial charge in [-0.15, -0.1) is 0 Å². The van der Waals surface area contributed by atoms with E-state index in [4.69, 9.17) is 16.9 Å². The molecule has 1 heterocycles. The molecule has 1 aromatic rings. The minimum atomic E-state index is -0.788. The molecule has 0 aliphatic heterocycles. The molecule has 0 atom stereocenters. The van der Waals surface area contributed by atoms with Crippen molar-refractivity contribution in [1.82, 2.24) is 4.98 Å². The van der Waals surface area contributed by atoms with Crippen molar-refractivity contribution in [3.8, 4) is 11.8 Å². The molecule has 0 spiro atoms. The SMILES string of the molecule is COc1cc(Cl)nc(C#N)c1F. The lowest BCUT2D eigenvalue weighted by Gasteiger charge is -2.01. The lowest BCUT2D eigenvalue weighted by atomic mass is 10.3. The van der Waals surface area contributed by atoms with E-state index < -0.39 is 5.82 Å². The van der Waals surface area contributed by atoms with Crippen molar-refractivity contribution in [3.63, 3.8) is 0 Å². The van der Waals surface area contributed by atoms with E-state index in [-0.39, 0.29) is 16.6 Å². The Morgan fingerprint density at radius 2 is 2.42 bits per heavy atom. The number of hydrogen-bond donors (Lipinski definition) is 0. The Labute approximate surface area is 73.4 Å². The summed E-state index contributed by atoms with van der Waals surface area (Å²) in [6.07, 6.45) is 0. The molecule has 0 amide bonds. The highest BCUT2D eigenvalue weighted by molar-refractivity contribution is 6.29. The van der Waals surface area contributed by atoms with Crippen LogP contribution in [0.4, 0.5) is 4.39 Å². The van der Waals surface area contributed by atoms with E-state index in [2.05, 4.69) is 9.72 Å². The molecule has 0 bridgehead atoms. The van der Waals surface area contributed by atoms with E-state index in [1.807, 2.05) is 0 Å². The maximum absolute atomic E-state index is 13.0. The fourth-order valence-electron chi connectivity index (χ4n) is 0.699. The molecule has 0 N–H and O–H groups in total. The quantitative estimate of drug-likeness (QED) is 0.628. The fourth-order valence-corrected chi connectivity index (χ4v) is 0.883. The lowest BCUT2D eigenvalue weighted by molar-refractivity contribution is 0.384. The molecule has 0 fully saturated rings. The summed E-state index contributed by atoms with van der Waals surface area (Å²) in [5.41, 5.74) is -0.362. The van der Waals surface area contributed by atoms with Crippen molar-refractivity contribution in [3.05, 3.63) is 22.7 Å². The van der Waals surface area contributed by atoms with Gasteiger partial charge < -0.3 is 4.74 Å². The summed E-state index contributed by atoms with van der Waals surface area (Å²) in [6, 6.07) is 2.77. The standard InChI is InChI=1S/C7H4ClFN2O/c1-12-5-2-6(8)11-4(3-10)7(5)9/h2H,1H3. The van der Waals surface area contributed by atoms with E-state index in [9.17, 15) is 4.39 Å². The van der Waals surface area contributed by atoms with Gasteiger partial charge in [-0.05, 0) is 0 Å². The first-order chi connectivity index (χ1) is 5.69. The molecule has 0 saturated carbocycles. The Kier molecular flexibility index (Phi) is 2.46. The van der Waals surface area contributed by atoms with Gasteiger partial charge in [0.2, 0.25) is 5.82 Å². The van der Waals surface area contributed by atoms with Crippen LogP contribution in [0.2, 0.25) is 5.15 Å². The van der Waals surface area contributed by atoms with Crippen LogP contribution < -0.4 is 4.74 Å². The fraction of sp³-hybridized carbons (Fsp3) is 0.143. The van der Waals surface area contributed by atoms with Crippen LogP contribution in [0, 0.1) is 17.1 Å². The van der Waals surface area contributed by atoms with Crippen molar-refractivity contribution in [2.24, 2.45) is 0 Å². The zero-order valence-corrected chi connectivity index (χ0v) is 6.89. The molecule has 0 radical (unpaired) electrons. The van der Waals surface area contributed by atoms with Gasteiger partial charge >= 0.3 is 0 Å². The summed E-state index contributed by atoms with van der Waals surface area (Å²) in [7, 11) is 1.29. The smallest absolute Gasteiger partial charge is 0.201 e. The molecule has 0 unspecified atom stereocenters. The number of rotatable bonds is 1. The van der Waals surface area contributed by atoms with Crippen molar-refractivity contribution in [1.29, 1.82) is 5.26 Å². The molecule has 0 aromatic carbocycles. The average molecular weight is 187 g/mol. The van der Waals surface area contributed by atoms with Crippen LogP contribution in [0.1, 0.15) is 5.69 Å². The third-order valence-electron chi connectivity index (χ3n) is 1.22. The molecule has 0 aliphatic rings. The van der Waals surface area contributed by atoms with Crippen molar-refractivity contribution in [2.75, 3.05) is 7.11 Å². The Morgan fingerprint density at radius 3 is 2.92 bits per heavy atom. The van der Waals surface area contributed by atoms with Crippen LogP contribution in [0.25, 0.3) is 0 Å².